The van der Waals surface area contributed by atoms with Gasteiger partial charge in [-0.05, 0) is 49.2 Å². The van der Waals surface area contributed by atoms with Crippen molar-refractivity contribution in [3.8, 4) is 11.5 Å². The van der Waals surface area contributed by atoms with E-state index in [2.05, 4.69) is 5.32 Å². The van der Waals surface area contributed by atoms with E-state index < -0.39 is 17.8 Å². The van der Waals surface area contributed by atoms with E-state index >= 15 is 0 Å². The number of hydrogen-bond donors (Lipinski definition) is 1. The maximum absolute atomic E-state index is 12.8. The van der Waals surface area contributed by atoms with Gasteiger partial charge < -0.3 is 13.9 Å². The van der Waals surface area contributed by atoms with Crippen LogP contribution in [0.4, 0.5) is 4.79 Å². The Morgan fingerprint density at radius 1 is 1.21 bits per heavy atom. The molecule has 0 saturated carbocycles. The van der Waals surface area contributed by atoms with E-state index in [0.29, 0.717) is 22.8 Å². The smallest absolute Gasteiger partial charge is 0.331 e. The molecule has 0 spiro atoms. The number of rotatable bonds is 7. The molecule has 3 rings (SSSR count). The van der Waals surface area contributed by atoms with Crippen molar-refractivity contribution in [2.45, 2.75) is 32.9 Å². The van der Waals surface area contributed by atoms with Crippen molar-refractivity contribution >= 4 is 23.9 Å². The number of hydrogen-bond acceptors (Lipinski definition) is 6. The molecule has 1 aliphatic heterocycles. The van der Waals surface area contributed by atoms with Crippen LogP contribution < -0.4 is 14.8 Å². The number of nitrogens with zero attached hydrogens (tertiary/aromatic N) is 1. The quantitative estimate of drug-likeness (QED) is 0.568. The number of furan rings is 1. The largest absolute Gasteiger partial charge is 0.493 e. The number of carbonyl (C=O) groups excluding carboxylic acids is 3. The van der Waals surface area contributed by atoms with Crippen LogP contribution in [0.2, 0.25) is 0 Å². The number of barbiturate groups is 1. The zero-order valence-electron chi connectivity index (χ0n) is 16.4. The first kappa shape index (κ1) is 20.2. The molecular formula is C21H22N2O6. The first-order valence-corrected chi connectivity index (χ1v) is 9.18. The molecule has 1 saturated heterocycles. The highest BCUT2D eigenvalue weighted by atomic mass is 16.5. The average molecular weight is 398 g/mol. The van der Waals surface area contributed by atoms with Crippen LogP contribution >= 0.6 is 0 Å². The predicted molar refractivity (Wildman–Crippen MR) is 104 cm³/mol. The second kappa shape index (κ2) is 8.64. The number of ether oxygens (including phenoxy) is 2. The van der Waals surface area contributed by atoms with Crippen LogP contribution in [-0.2, 0) is 16.1 Å². The Morgan fingerprint density at radius 2 is 2.00 bits per heavy atom. The van der Waals surface area contributed by atoms with Gasteiger partial charge in [0, 0.05) is 0 Å². The highest BCUT2D eigenvalue weighted by Crippen LogP contribution is 2.30. The van der Waals surface area contributed by atoms with E-state index in [-0.39, 0.29) is 18.2 Å². The Balaban J connectivity index is 1.88. The number of benzene rings is 1. The van der Waals surface area contributed by atoms with E-state index in [4.69, 9.17) is 13.9 Å². The Kier molecular flexibility index (Phi) is 6.01. The maximum Gasteiger partial charge on any atom is 0.331 e. The summed E-state index contributed by atoms with van der Waals surface area (Å²) in [4.78, 5) is 38.0. The van der Waals surface area contributed by atoms with Gasteiger partial charge in [0.2, 0.25) is 0 Å². The highest BCUT2D eigenvalue weighted by molar-refractivity contribution is 6.30. The predicted octanol–water partition coefficient (Wildman–Crippen LogP) is 3.13. The number of amides is 4. The van der Waals surface area contributed by atoms with Gasteiger partial charge in [0.1, 0.15) is 11.3 Å². The lowest BCUT2D eigenvalue weighted by molar-refractivity contribution is -0.130. The van der Waals surface area contributed by atoms with Gasteiger partial charge in [0.05, 0.1) is 26.0 Å². The summed E-state index contributed by atoms with van der Waals surface area (Å²) >= 11 is 0. The zero-order chi connectivity index (χ0) is 21.0. The molecule has 1 atom stereocenters. The van der Waals surface area contributed by atoms with Crippen molar-refractivity contribution in [2.75, 3.05) is 7.11 Å². The molecule has 0 aliphatic carbocycles. The molecule has 1 aliphatic rings. The fourth-order valence-electron chi connectivity index (χ4n) is 2.73. The van der Waals surface area contributed by atoms with Gasteiger partial charge in [0.25, 0.3) is 11.8 Å². The molecule has 2 aromatic rings. The van der Waals surface area contributed by atoms with E-state index in [1.54, 1.807) is 30.3 Å². The first-order valence-electron chi connectivity index (χ1n) is 9.18. The molecule has 2 heterocycles. The number of urea groups is 1. The molecule has 152 valence electrons. The van der Waals surface area contributed by atoms with Gasteiger partial charge in [-0.2, -0.15) is 0 Å². The minimum absolute atomic E-state index is 0.0139. The lowest BCUT2D eigenvalue weighted by atomic mass is 10.1. The lowest BCUT2D eigenvalue weighted by Crippen LogP contribution is -2.53. The summed E-state index contributed by atoms with van der Waals surface area (Å²) in [5, 5.41) is 2.18. The van der Waals surface area contributed by atoms with Crippen molar-refractivity contribution in [3.05, 3.63) is 53.5 Å². The summed E-state index contributed by atoms with van der Waals surface area (Å²) in [5.41, 5.74) is 0.401. The molecule has 0 unspecified atom stereocenters. The third-order valence-corrected chi connectivity index (χ3v) is 4.48. The number of nitrogens with one attached hydrogen (secondary N) is 1. The van der Waals surface area contributed by atoms with Crippen LogP contribution in [0.1, 0.15) is 31.6 Å². The van der Waals surface area contributed by atoms with Gasteiger partial charge in [-0.1, -0.05) is 13.0 Å². The monoisotopic (exact) mass is 398 g/mol. The number of carbonyl (C=O) groups is 3. The SMILES string of the molecule is CC[C@@H](C)Oc1ccc(/C=C2\C(=O)NC(=O)N(Cc3ccco3)C2=O)cc1OC. The number of imide groups is 2. The highest BCUT2D eigenvalue weighted by Gasteiger charge is 2.36. The maximum atomic E-state index is 12.8. The van der Waals surface area contributed by atoms with Gasteiger partial charge in [-0.15, -0.1) is 0 Å². The van der Waals surface area contributed by atoms with Crippen LogP contribution in [0.15, 0.2) is 46.6 Å². The molecule has 1 aromatic heterocycles. The average Bonchev–Trinajstić information content (AvgIpc) is 3.22. The topological polar surface area (TPSA) is 98.1 Å². The molecule has 1 aromatic carbocycles. The van der Waals surface area contributed by atoms with E-state index in [1.807, 2.05) is 13.8 Å². The second-order valence-corrected chi connectivity index (χ2v) is 6.53. The Labute approximate surface area is 168 Å². The van der Waals surface area contributed by atoms with Gasteiger partial charge >= 0.3 is 6.03 Å². The third-order valence-electron chi connectivity index (χ3n) is 4.48. The first-order chi connectivity index (χ1) is 13.9. The molecule has 0 bridgehead atoms. The molecule has 0 radical (unpaired) electrons. The molecular weight excluding hydrogens is 376 g/mol. The van der Waals surface area contributed by atoms with Crippen LogP contribution in [0.25, 0.3) is 6.08 Å². The summed E-state index contributed by atoms with van der Waals surface area (Å²) in [5.74, 6) is 0.0175. The molecule has 4 amide bonds. The van der Waals surface area contributed by atoms with Crippen LogP contribution in [0.5, 0.6) is 11.5 Å². The minimum atomic E-state index is -0.788. The molecule has 1 fully saturated rings. The Hall–Kier alpha value is -3.55. The number of methoxy groups -OCH3 is 1. The zero-order valence-corrected chi connectivity index (χ0v) is 16.4. The summed E-state index contributed by atoms with van der Waals surface area (Å²) < 4.78 is 16.4. The standard InChI is InChI=1S/C21H22N2O6/c1-4-13(2)29-17-8-7-14(11-18(17)27-3)10-16-19(24)22-21(26)23(20(16)25)12-15-6-5-9-28-15/h5-11,13H,4,12H2,1-3H3,(H,22,24,26)/b16-10+/t13-/m1/s1. The molecule has 29 heavy (non-hydrogen) atoms. The molecule has 8 heteroatoms. The normalized spacial score (nSPS) is 16.7. The second-order valence-electron chi connectivity index (χ2n) is 6.53. The van der Waals surface area contributed by atoms with E-state index in [0.717, 1.165) is 11.3 Å². The van der Waals surface area contributed by atoms with Crippen LogP contribution in [-0.4, -0.2) is 36.0 Å². The molecule has 8 nitrogen and oxygen atoms in total. The van der Waals surface area contributed by atoms with Crippen LogP contribution in [0, 0.1) is 0 Å². The summed E-state index contributed by atoms with van der Waals surface area (Å²) in [7, 11) is 1.51. The van der Waals surface area contributed by atoms with Gasteiger partial charge in [0.15, 0.2) is 11.5 Å². The van der Waals surface area contributed by atoms with Crippen molar-refractivity contribution in [3.63, 3.8) is 0 Å². The third kappa shape index (κ3) is 4.48. The molecule has 1 N–H and O–H groups in total. The Morgan fingerprint density at radius 3 is 2.66 bits per heavy atom. The summed E-state index contributed by atoms with van der Waals surface area (Å²) in [6, 6.07) is 7.59. The van der Waals surface area contributed by atoms with Crippen molar-refractivity contribution in [1.82, 2.24) is 10.2 Å². The fraction of sp³-hybridized carbons (Fsp3) is 0.286. The van der Waals surface area contributed by atoms with Gasteiger partial charge in [-0.25, -0.2) is 4.79 Å². The van der Waals surface area contributed by atoms with Gasteiger partial charge in [-0.3, -0.25) is 19.8 Å². The van der Waals surface area contributed by atoms with Crippen LogP contribution in [0.3, 0.4) is 0 Å². The van der Waals surface area contributed by atoms with E-state index in [9.17, 15) is 14.4 Å². The summed E-state index contributed by atoms with van der Waals surface area (Å²) in [6.45, 7) is 3.89. The lowest BCUT2D eigenvalue weighted by Gasteiger charge is -2.25. The van der Waals surface area contributed by atoms with Crippen molar-refractivity contribution < 1.29 is 28.3 Å². The fourth-order valence-corrected chi connectivity index (χ4v) is 2.73. The Bertz CT molecular complexity index is 948. The summed E-state index contributed by atoms with van der Waals surface area (Å²) in [6.07, 6.45) is 3.71. The van der Waals surface area contributed by atoms with Crippen molar-refractivity contribution in [1.29, 1.82) is 0 Å². The minimum Gasteiger partial charge on any atom is -0.493 e. The van der Waals surface area contributed by atoms with E-state index in [1.165, 1.54) is 19.4 Å². The van der Waals surface area contributed by atoms with Crippen molar-refractivity contribution in [2.24, 2.45) is 0 Å².